The van der Waals surface area contributed by atoms with Crippen molar-refractivity contribution in [3.05, 3.63) is 58.6 Å². The molecule has 5 nitrogen and oxygen atoms in total. The van der Waals surface area contributed by atoms with Gasteiger partial charge in [0.05, 0.1) is 22.6 Å². The summed E-state index contributed by atoms with van der Waals surface area (Å²) in [6.07, 6.45) is 0. The predicted octanol–water partition coefficient (Wildman–Crippen LogP) is 2.88. The number of halogens is 2. The molecule has 3 N–H and O–H groups in total. The number of rotatable bonds is 3. The van der Waals surface area contributed by atoms with Crippen LogP contribution < -0.4 is 11.1 Å². The third-order valence-electron chi connectivity index (χ3n) is 3.59. The van der Waals surface area contributed by atoms with Crippen LogP contribution in [-0.4, -0.2) is 15.5 Å². The number of aryl methyl sites for hydroxylation is 1. The molecule has 0 unspecified atom stereocenters. The lowest BCUT2D eigenvalue weighted by Crippen LogP contribution is -2.24. The molecule has 0 bridgehead atoms. The molecule has 1 amide bonds. The number of nitrogens with two attached hydrogens (primary N) is 1. The van der Waals surface area contributed by atoms with Crippen LogP contribution >= 0.6 is 11.6 Å². The number of nitrogen functional groups attached to an aromatic ring is 1. The molecular weight excluding hydrogens is 319 g/mol. The minimum absolute atomic E-state index is 0.0872. The first-order valence-corrected chi connectivity index (χ1v) is 7.27. The Labute approximate surface area is 136 Å². The highest BCUT2D eigenvalue weighted by Crippen LogP contribution is 2.18. The van der Waals surface area contributed by atoms with E-state index in [0.717, 1.165) is 17.1 Å². The Morgan fingerprint density at radius 2 is 2.13 bits per heavy atom. The summed E-state index contributed by atoms with van der Waals surface area (Å²) >= 11 is 5.69. The van der Waals surface area contributed by atoms with E-state index in [1.807, 2.05) is 17.7 Å². The first-order valence-electron chi connectivity index (χ1n) is 6.90. The van der Waals surface area contributed by atoms with Gasteiger partial charge < -0.3 is 15.6 Å². The van der Waals surface area contributed by atoms with E-state index in [1.165, 1.54) is 12.1 Å². The lowest BCUT2D eigenvalue weighted by atomic mass is 10.2. The number of nitrogens with zero attached hydrogens (tertiary/aromatic N) is 2. The van der Waals surface area contributed by atoms with Gasteiger partial charge in [0.15, 0.2) is 0 Å². The average Bonchev–Trinajstić information content (AvgIpc) is 2.83. The van der Waals surface area contributed by atoms with E-state index >= 15 is 0 Å². The number of carbonyl (C=O) groups excluding carboxylic acids is 1. The van der Waals surface area contributed by atoms with Gasteiger partial charge in [0.1, 0.15) is 11.6 Å². The van der Waals surface area contributed by atoms with E-state index in [9.17, 15) is 9.18 Å². The summed E-state index contributed by atoms with van der Waals surface area (Å²) in [4.78, 5) is 16.6. The van der Waals surface area contributed by atoms with Crippen LogP contribution in [0.15, 0.2) is 36.4 Å². The number of hydrogen-bond acceptors (Lipinski definition) is 3. The van der Waals surface area contributed by atoms with E-state index in [-0.39, 0.29) is 17.5 Å². The number of imidazole rings is 1. The second-order valence-corrected chi connectivity index (χ2v) is 5.55. The van der Waals surface area contributed by atoms with Crippen LogP contribution in [0.5, 0.6) is 0 Å². The Morgan fingerprint density at radius 3 is 2.87 bits per heavy atom. The molecule has 0 saturated carbocycles. The number of amides is 1. The summed E-state index contributed by atoms with van der Waals surface area (Å²) in [5.41, 5.74) is 8.36. The molecule has 23 heavy (non-hydrogen) atoms. The zero-order valence-corrected chi connectivity index (χ0v) is 13.1. The molecule has 0 aliphatic heterocycles. The minimum atomic E-state index is -0.559. The van der Waals surface area contributed by atoms with Gasteiger partial charge in [-0.15, -0.1) is 0 Å². The summed E-state index contributed by atoms with van der Waals surface area (Å²) in [6, 6.07) is 9.29. The van der Waals surface area contributed by atoms with Gasteiger partial charge in [0, 0.05) is 18.3 Å². The molecule has 2 aromatic carbocycles. The van der Waals surface area contributed by atoms with Gasteiger partial charge in [-0.1, -0.05) is 11.6 Å². The van der Waals surface area contributed by atoms with Crippen molar-refractivity contribution in [3.8, 4) is 0 Å². The van der Waals surface area contributed by atoms with E-state index in [0.29, 0.717) is 17.1 Å². The van der Waals surface area contributed by atoms with E-state index in [2.05, 4.69) is 10.3 Å². The molecule has 0 saturated heterocycles. The number of carbonyl (C=O) groups is 1. The monoisotopic (exact) mass is 332 g/mol. The maximum Gasteiger partial charge on any atom is 0.251 e. The SMILES string of the molecule is Cn1c(CNC(=O)c2ccc(F)c(Cl)c2)nc2cc(N)ccc21. The van der Waals surface area contributed by atoms with E-state index in [4.69, 9.17) is 17.3 Å². The van der Waals surface area contributed by atoms with Crippen molar-refractivity contribution in [1.82, 2.24) is 14.9 Å². The van der Waals surface area contributed by atoms with Crippen molar-refractivity contribution in [3.63, 3.8) is 0 Å². The number of fused-ring (bicyclic) bond motifs is 1. The highest BCUT2D eigenvalue weighted by molar-refractivity contribution is 6.31. The van der Waals surface area contributed by atoms with Gasteiger partial charge in [-0.05, 0) is 36.4 Å². The van der Waals surface area contributed by atoms with Crippen LogP contribution in [0.25, 0.3) is 11.0 Å². The first-order chi connectivity index (χ1) is 11.0. The maximum atomic E-state index is 13.1. The van der Waals surface area contributed by atoms with Crippen molar-refractivity contribution < 1.29 is 9.18 Å². The number of nitrogens with one attached hydrogen (secondary N) is 1. The molecule has 1 aromatic heterocycles. The third kappa shape index (κ3) is 2.98. The zero-order valence-electron chi connectivity index (χ0n) is 12.3. The molecule has 118 valence electrons. The largest absolute Gasteiger partial charge is 0.399 e. The molecule has 0 spiro atoms. The predicted molar refractivity (Wildman–Crippen MR) is 87.7 cm³/mol. The van der Waals surface area contributed by atoms with Gasteiger partial charge in [-0.25, -0.2) is 9.37 Å². The van der Waals surface area contributed by atoms with Crippen molar-refractivity contribution in [2.75, 3.05) is 5.73 Å². The lowest BCUT2D eigenvalue weighted by molar-refractivity contribution is 0.0949. The Hall–Kier alpha value is -2.60. The Kier molecular flexibility index (Phi) is 3.92. The summed E-state index contributed by atoms with van der Waals surface area (Å²) in [7, 11) is 1.86. The normalized spacial score (nSPS) is 10.9. The lowest BCUT2D eigenvalue weighted by Gasteiger charge is -2.06. The third-order valence-corrected chi connectivity index (χ3v) is 3.88. The molecule has 7 heteroatoms. The van der Waals surface area contributed by atoms with E-state index in [1.54, 1.807) is 12.1 Å². The smallest absolute Gasteiger partial charge is 0.251 e. The van der Waals surface area contributed by atoms with Gasteiger partial charge in [-0.2, -0.15) is 0 Å². The number of benzene rings is 2. The second-order valence-electron chi connectivity index (χ2n) is 5.15. The highest BCUT2D eigenvalue weighted by Gasteiger charge is 2.12. The van der Waals surface area contributed by atoms with Gasteiger partial charge in [-0.3, -0.25) is 4.79 Å². The van der Waals surface area contributed by atoms with Gasteiger partial charge in [0.2, 0.25) is 0 Å². The molecule has 0 fully saturated rings. The summed E-state index contributed by atoms with van der Waals surface area (Å²) in [6.45, 7) is 0.235. The van der Waals surface area contributed by atoms with Crippen LogP contribution in [-0.2, 0) is 13.6 Å². The molecule has 3 rings (SSSR count). The Balaban J connectivity index is 1.78. The molecule has 0 atom stereocenters. The van der Waals surface area contributed by atoms with Crippen LogP contribution in [0, 0.1) is 5.82 Å². The molecular formula is C16H14ClFN4O. The first kappa shape index (κ1) is 15.3. The maximum absolute atomic E-state index is 13.1. The fourth-order valence-electron chi connectivity index (χ4n) is 2.32. The highest BCUT2D eigenvalue weighted by atomic mass is 35.5. The average molecular weight is 333 g/mol. The number of aromatic nitrogens is 2. The van der Waals surface area contributed by atoms with Gasteiger partial charge in [0.25, 0.3) is 5.91 Å². The molecule has 0 radical (unpaired) electrons. The van der Waals surface area contributed by atoms with Crippen molar-refractivity contribution in [2.45, 2.75) is 6.54 Å². The second kappa shape index (κ2) is 5.89. The van der Waals surface area contributed by atoms with Gasteiger partial charge >= 0.3 is 0 Å². The summed E-state index contributed by atoms with van der Waals surface area (Å²) in [5.74, 6) is -0.221. The van der Waals surface area contributed by atoms with Crippen LogP contribution in [0.1, 0.15) is 16.2 Å². The zero-order chi connectivity index (χ0) is 16.6. The fourth-order valence-corrected chi connectivity index (χ4v) is 2.50. The molecule has 3 aromatic rings. The summed E-state index contributed by atoms with van der Waals surface area (Å²) in [5, 5.41) is 2.66. The van der Waals surface area contributed by atoms with Crippen LogP contribution in [0.2, 0.25) is 5.02 Å². The molecule has 0 aliphatic carbocycles. The quantitative estimate of drug-likeness (QED) is 0.724. The molecule has 0 aliphatic rings. The summed E-state index contributed by atoms with van der Waals surface area (Å²) < 4.78 is 15.0. The van der Waals surface area contributed by atoms with Crippen molar-refractivity contribution in [2.24, 2.45) is 7.05 Å². The minimum Gasteiger partial charge on any atom is -0.399 e. The van der Waals surface area contributed by atoms with Crippen LogP contribution in [0.4, 0.5) is 10.1 Å². The topological polar surface area (TPSA) is 72.9 Å². The fraction of sp³-hybridized carbons (Fsp3) is 0.125. The van der Waals surface area contributed by atoms with E-state index < -0.39 is 5.82 Å². The van der Waals surface area contributed by atoms with Crippen molar-refractivity contribution >= 4 is 34.2 Å². The number of hydrogen-bond donors (Lipinski definition) is 2. The number of anilines is 1. The van der Waals surface area contributed by atoms with Crippen LogP contribution in [0.3, 0.4) is 0 Å². The Bertz CT molecular complexity index is 906. The standard InChI is InChI=1S/C16H14ClFN4O/c1-22-14-5-3-10(19)7-13(14)21-15(22)8-20-16(23)9-2-4-12(18)11(17)6-9/h2-7H,8,19H2,1H3,(H,20,23). The molecule has 1 heterocycles. The van der Waals surface area contributed by atoms with Crippen molar-refractivity contribution in [1.29, 1.82) is 0 Å². The Morgan fingerprint density at radius 1 is 1.35 bits per heavy atom.